The van der Waals surface area contributed by atoms with E-state index in [9.17, 15) is 0 Å². The van der Waals surface area contributed by atoms with E-state index in [4.69, 9.17) is 0 Å². The standard InChI is InChI=1S/C15H25N5/c1-11-14(12(2)20(5)18-11)10-13(16-3)6-7-15-17-8-9-19(15)4/h8-9,13,16H,6-7,10H2,1-5H3. The fourth-order valence-electron chi connectivity index (χ4n) is 2.65. The lowest BCUT2D eigenvalue weighted by atomic mass is 10.0. The topological polar surface area (TPSA) is 47.7 Å². The summed E-state index contributed by atoms with van der Waals surface area (Å²) in [4.78, 5) is 4.39. The predicted molar refractivity (Wildman–Crippen MR) is 80.8 cm³/mol. The van der Waals surface area contributed by atoms with Gasteiger partial charge < -0.3 is 9.88 Å². The Bertz CT molecular complexity index is 567. The zero-order valence-electron chi connectivity index (χ0n) is 13.1. The van der Waals surface area contributed by atoms with Crippen LogP contribution in [-0.4, -0.2) is 32.4 Å². The molecule has 2 aromatic heterocycles. The third-order valence-electron chi connectivity index (χ3n) is 4.16. The molecular formula is C15H25N5. The van der Waals surface area contributed by atoms with Crippen LogP contribution in [0, 0.1) is 13.8 Å². The third-order valence-corrected chi connectivity index (χ3v) is 4.16. The Balaban J connectivity index is 2.00. The molecule has 110 valence electrons. The summed E-state index contributed by atoms with van der Waals surface area (Å²) in [5, 5.41) is 7.92. The number of hydrogen-bond acceptors (Lipinski definition) is 3. The summed E-state index contributed by atoms with van der Waals surface area (Å²) < 4.78 is 4.06. The molecule has 0 fully saturated rings. The summed E-state index contributed by atoms with van der Waals surface area (Å²) >= 11 is 0. The number of rotatable bonds is 6. The molecule has 1 atom stereocenters. The Labute approximate surface area is 121 Å². The van der Waals surface area contributed by atoms with E-state index in [1.54, 1.807) is 0 Å². The van der Waals surface area contributed by atoms with E-state index in [2.05, 4.69) is 33.8 Å². The van der Waals surface area contributed by atoms with Gasteiger partial charge in [-0.1, -0.05) is 0 Å². The van der Waals surface area contributed by atoms with Gasteiger partial charge in [0.15, 0.2) is 0 Å². The summed E-state index contributed by atoms with van der Waals surface area (Å²) in [6.07, 6.45) is 6.95. The van der Waals surface area contributed by atoms with E-state index in [1.165, 1.54) is 11.3 Å². The largest absolute Gasteiger partial charge is 0.338 e. The number of aryl methyl sites for hydroxylation is 4. The van der Waals surface area contributed by atoms with Crippen LogP contribution < -0.4 is 5.32 Å². The van der Waals surface area contributed by atoms with E-state index in [0.29, 0.717) is 6.04 Å². The minimum absolute atomic E-state index is 0.452. The average Bonchev–Trinajstić information content (AvgIpc) is 2.92. The smallest absolute Gasteiger partial charge is 0.108 e. The molecule has 2 heterocycles. The quantitative estimate of drug-likeness (QED) is 0.870. The Kier molecular flexibility index (Phi) is 4.60. The van der Waals surface area contributed by atoms with Crippen LogP contribution in [0.25, 0.3) is 0 Å². The second-order valence-electron chi connectivity index (χ2n) is 5.46. The summed E-state index contributed by atoms with van der Waals surface area (Å²) in [6, 6.07) is 0.452. The van der Waals surface area contributed by atoms with Crippen LogP contribution in [-0.2, 0) is 26.9 Å². The molecule has 0 bridgehead atoms. The number of nitrogens with zero attached hydrogens (tertiary/aromatic N) is 4. The molecule has 1 N–H and O–H groups in total. The zero-order chi connectivity index (χ0) is 14.7. The van der Waals surface area contributed by atoms with Crippen LogP contribution in [0.4, 0.5) is 0 Å². The number of imidazole rings is 1. The highest BCUT2D eigenvalue weighted by Crippen LogP contribution is 2.16. The van der Waals surface area contributed by atoms with E-state index >= 15 is 0 Å². The van der Waals surface area contributed by atoms with Crippen LogP contribution in [0.1, 0.15) is 29.2 Å². The van der Waals surface area contributed by atoms with Gasteiger partial charge in [-0.15, -0.1) is 0 Å². The lowest BCUT2D eigenvalue weighted by Crippen LogP contribution is -2.29. The molecule has 0 spiro atoms. The van der Waals surface area contributed by atoms with Crippen molar-refractivity contribution in [1.29, 1.82) is 0 Å². The van der Waals surface area contributed by atoms with Crippen LogP contribution in [0.2, 0.25) is 0 Å². The molecule has 5 heteroatoms. The fraction of sp³-hybridized carbons (Fsp3) is 0.600. The number of likely N-dealkylation sites (N-methyl/N-ethyl adjacent to an activating group) is 1. The van der Waals surface area contributed by atoms with E-state index in [0.717, 1.165) is 30.8 Å². The highest BCUT2D eigenvalue weighted by molar-refractivity contribution is 5.25. The van der Waals surface area contributed by atoms with Crippen molar-refractivity contribution in [2.75, 3.05) is 7.05 Å². The van der Waals surface area contributed by atoms with Crippen LogP contribution >= 0.6 is 0 Å². The molecule has 0 saturated carbocycles. The highest BCUT2D eigenvalue weighted by Gasteiger charge is 2.15. The van der Waals surface area contributed by atoms with Crippen molar-refractivity contribution in [1.82, 2.24) is 24.6 Å². The second-order valence-corrected chi connectivity index (χ2v) is 5.46. The van der Waals surface area contributed by atoms with Crippen LogP contribution in [0.5, 0.6) is 0 Å². The van der Waals surface area contributed by atoms with Crippen molar-refractivity contribution in [3.63, 3.8) is 0 Å². The first-order chi connectivity index (χ1) is 9.52. The van der Waals surface area contributed by atoms with Gasteiger partial charge in [0.25, 0.3) is 0 Å². The van der Waals surface area contributed by atoms with Crippen molar-refractivity contribution in [2.24, 2.45) is 14.1 Å². The van der Waals surface area contributed by atoms with Gasteiger partial charge in [-0.05, 0) is 39.3 Å². The number of aromatic nitrogens is 4. The van der Waals surface area contributed by atoms with Gasteiger partial charge in [0.2, 0.25) is 0 Å². The van der Waals surface area contributed by atoms with E-state index in [1.807, 2.05) is 38.2 Å². The average molecular weight is 275 g/mol. The molecule has 2 aromatic rings. The van der Waals surface area contributed by atoms with Gasteiger partial charge in [0, 0.05) is 44.6 Å². The van der Waals surface area contributed by atoms with Crippen molar-refractivity contribution >= 4 is 0 Å². The Hall–Kier alpha value is -1.62. The Morgan fingerprint density at radius 3 is 2.55 bits per heavy atom. The lowest BCUT2D eigenvalue weighted by molar-refractivity contribution is 0.508. The monoisotopic (exact) mass is 275 g/mol. The molecular weight excluding hydrogens is 250 g/mol. The second kappa shape index (κ2) is 6.22. The van der Waals surface area contributed by atoms with Crippen molar-refractivity contribution in [3.05, 3.63) is 35.2 Å². The molecule has 0 aliphatic rings. The maximum Gasteiger partial charge on any atom is 0.108 e. The molecule has 0 amide bonds. The van der Waals surface area contributed by atoms with Crippen molar-refractivity contribution in [3.8, 4) is 0 Å². The van der Waals surface area contributed by atoms with Crippen molar-refractivity contribution < 1.29 is 0 Å². The van der Waals surface area contributed by atoms with Gasteiger partial charge in [-0.2, -0.15) is 5.10 Å². The van der Waals surface area contributed by atoms with Gasteiger partial charge in [0.05, 0.1) is 5.69 Å². The highest BCUT2D eigenvalue weighted by atomic mass is 15.3. The third kappa shape index (κ3) is 3.10. The molecule has 0 radical (unpaired) electrons. The molecule has 0 saturated heterocycles. The number of nitrogens with one attached hydrogen (secondary N) is 1. The summed E-state index contributed by atoms with van der Waals surface area (Å²) in [6.45, 7) is 4.23. The molecule has 0 aliphatic heterocycles. The Morgan fingerprint density at radius 2 is 2.05 bits per heavy atom. The fourth-order valence-corrected chi connectivity index (χ4v) is 2.65. The number of hydrogen-bond donors (Lipinski definition) is 1. The maximum atomic E-state index is 4.49. The minimum Gasteiger partial charge on any atom is -0.338 e. The van der Waals surface area contributed by atoms with E-state index < -0.39 is 0 Å². The van der Waals surface area contributed by atoms with E-state index in [-0.39, 0.29) is 0 Å². The Morgan fingerprint density at radius 1 is 1.30 bits per heavy atom. The molecule has 2 rings (SSSR count). The molecule has 0 aliphatic carbocycles. The molecule has 0 aromatic carbocycles. The molecule has 20 heavy (non-hydrogen) atoms. The van der Waals surface area contributed by atoms with Crippen LogP contribution in [0.3, 0.4) is 0 Å². The predicted octanol–water partition coefficient (Wildman–Crippen LogP) is 1.53. The molecule has 5 nitrogen and oxygen atoms in total. The minimum atomic E-state index is 0.452. The SMILES string of the molecule is CNC(CCc1nccn1C)Cc1c(C)nn(C)c1C. The first kappa shape index (κ1) is 14.8. The van der Waals surface area contributed by atoms with Gasteiger partial charge in [0.1, 0.15) is 5.82 Å². The normalized spacial score (nSPS) is 12.8. The van der Waals surface area contributed by atoms with Crippen LogP contribution in [0.15, 0.2) is 12.4 Å². The lowest BCUT2D eigenvalue weighted by Gasteiger charge is -2.16. The summed E-state index contributed by atoms with van der Waals surface area (Å²) in [5.74, 6) is 1.14. The first-order valence-electron chi connectivity index (χ1n) is 7.15. The maximum absolute atomic E-state index is 4.49. The molecule has 1 unspecified atom stereocenters. The zero-order valence-corrected chi connectivity index (χ0v) is 13.1. The van der Waals surface area contributed by atoms with Gasteiger partial charge in [-0.25, -0.2) is 4.98 Å². The van der Waals surface area contributed by atoms with Crippen molar-refractivity contribution in [2.45, 2.75) is 39.2 Å². The first-order valence-corrected chi connectivity index (χ1v) is 7.15. The summed E-state index contributed by atoms with van der Waals surface area (Å²) in [5.41, 5.74) is 3.77. The van der Waals surface area contributed by atoms with Gasteiger partial charge >= 0.3 is 0 Å². The van der Waals surface area contributed by atoms with Gasteiger partial charge in [-0.3, -0.25) is 4.68 Å². The summed E-state index contributed by atoms with van der Waals surface area (Å²) in [7, 11) is 6.09.